The maximum atomic E-state index is 14.5. The van der Waals surface area contributed by atoms with Gasteiger partial charge >= 0.3 is 65.5 Å². The molecule has 4 unspecified atom stereocenters. The van der Waals surface area contributed by atoms with Crippen LogP contribution in [0.3, 0.4) is 0 Å². The van der Waals surface area contributed by atoms with Gasteiger partial charge < -0.3 is 37.9 Å². The number of rotatable bonds is 35. The molecule has 0 aliphatic rings. The summed E-state index contributed by atoms with van der Waals surface area (Å²) in [6.45, 7) is 40.3. The summed E-state index contributed by atoms with van der Waals surface area (Å²) in [7, 11) is 0. The van der Waals surface area contributed by atoms with Crippen LogP contribution in [0.2, 0.25) is 0 Å². The van der Waals surface area contributed by atoms with Crippen LogP contribution < -0.4 is 0 Å². The number of ether oxygens (including phenoxy) is 8. The lowest BCUT2D eigenvalue weighted by Gasteiger charge is -2.41. The predicted molar refractivity (Wildman–Crippen MR) is 312 cm³/mol. The van der Waals surface area contributed by atoms with Crippen molar-refractivity contribution in [3.05, 3.63) is 24.3 Å². The molecule has 0 aliphatic heterocycles. The van der Waals surface area contributed by atoms with E-state index in [2.05, 4.69) is 22.6 Å². The fourth-order valence-corrected chi connectivity index (χ4v) is 6.42. The minimum Gasteiger partial charge on any atom is -0.461 e. The summed E-state index contributed by atoms with van der Waals surface area (Å²) in [4.78, 5) is 97.3. The Morgan fingerprint density at radius 3 is 1.05 bits per heavy atom. The summed E-state index contributed by atoms with van der Waals surface area (Å²) < 4.78 is 139. The van der Waals surface area contributed by atoms with Gasteiger partial charge in [0.1, 0.15) is 37.6 Å². The zero-order chi connectivity index (χ0) is 68.3. The number of carbonyl (C=O) groups is 8. The van der Waals surface area contributed by atoms with Crippen molar-refractivity contribution in [1.29, 1.82) is 0 Å². The molecule has 4 atom stereocenters. The predicted octanol–water partition coefficient (Wildman–Crippen LogP) is 15.1. The van der Waals surface area contributed by atoms with E-state index in [0.717, 1.165) is 6.92 Å². The number of unbranched alkanes of at least 4 members (excludes halogenated alkanes) is 4. The van der Waals surface area contributed by atoms with Gasteiger partial charge in [-0.25, -0.2) is 33.2 Å². The lowest BCUT2D eigenvalue weighted by Crippen LogP contribution is -2.46. The topological polar surface area (TPSA) is 210 Å². The van der Waals surface area contributed by atoms with Gasteiger partial charge in [0.2, 0.25) is 5.67 Å². The highest BCUT2D eigenvalue weighted by Gasteiger charge is 2.48. The lowest BCUT2D eigenvalue weighted by atomic mass is 9.72. The zero-order valence-electron chi connectivity index (χ0n) is 55.5. The fourth-order valence-electron chi connectivity index (χ4n) is 6.42. The van der Waals surface area contributed by atoms with Gasteiger partial charge in [-0.2, -0.15) is 26.3 Å². The molecule has 0 aromatic rings. The average molecular weight is 1250 g/mol. The zero-order valence-corrected chi connectivity index (χ0v) is 55.5. The molecule has 23 heteroatoms. The van der Waals surface area contributed by atoms with Crippen LogP contribution in [0, 0.1) is 21.7 Å². The number of alkyl halides is 7. The van der Waals surface area contributed by atoms with Crippen molar-refractivity contribution in [3.63, 3.8) is 0 Å². The molecule has 0 heterocycles. The first-order valence-electron chi connectivity index (χ1n) is 29.5. The van der Waals surface area contributed by atoms with E-state index in [1.807, 2.05) is 62.3 Å². The number of hydrogen-bond acceptors (Lipinski definition) is 16. The van der Waals surface area contributed by atoms with E-state index >= 15 is 0 Å². The Morgan fingerprint density at radius 1 is 0.395 bits per heavy atom. The SMILES string of the molecule is C=C(C)C(=O)OC(C)(C)C(C)(C)C.C=C(C)C(=O)OCC(COC(=O)C(F)(F)CCCC)OC(=O)C(C)(F)CCCC.CCCCC(F)(F)C(=O)OCC(COC(=O)C(C)(CC)CC(C)(C)C(=O)OC(C)(C)C(C)(C)C)OC(=O)C(F)(F)CCCC. The highest BCUT2D eigenvalue weighted by molar-refractivity contribution is 5.88. The van der Waals surface area contributed by atoms with Gasteiger partial charge in [0.05, 0.1) is 10.8 Å². The van der Waals surface area contributed by atoms with Crippen LogP contribution in [0.1, 0.15) is 235 Å². The maximum absolute atomic E-state index is 14.5. The molecule has 0 aromatic carbocycles. The third-order valence-corrected chi connectivity index (χ3v) is 14.7. The van der Waals surface area contributed by atoms with E-state index in [0.29, 0.717) is 37.7 Å². The van der Waals surface area contributed by atoms with Crippen molar-refractivity contribution < 1.29 is 107 Å². The van der Waals surface area contributed by atoms with Gasteiger partial charge in [-0.05, 0) is 114 Å². The Kier molecular flexibility index (Phi) is 35.8. The van der Waals surface area contributed by atoms with Gasteiger partial charge in [-0.15, -0.1) is 0 Å². The summed E-state index contributed by atoms with van der Waals surface area (Å²) in [5.74, 6) is -20.9. The molecule has 502 valence electrons. The normalized spacial score (nSPS) is 14.5. The molecule has 86 heavy (non-hydrogen) atoms. The van der Waals surface area contributed by atoms with Crippen molar-refractivity contribution in [2.24, 2.45) is 21.7 Å². The van der Waals surface area contributed by atoms with Crippen LogP contribution in [0.15, 0.2) is 24.3 Å². The first-order valence-corrected chi connectivity index (χ1v) is 29.5. The van der Waals surface area contributed by atoms with Crippen molar-refractivity contribution in [2.45, 2.75) is 282 Å². The highest BCUT2D eigenvalue weighted by Crippen LogP contribution is 2.42. The Morgan fingerprint density at radius 2 is 0.709 bits per heavy atom. The largest absolute Gasteiger partial charge is 0.461 e. The second-order valence-electron chi connectivity index (χ2n) is 26.0. The molecular weight excluding hydrogens is 1150 g/mol. The molecule has 0 saturated carbocycles. The number of hydrogen-bond donors (Lipinski definition) is 0. The summed E-state index contributed by atoms with van der Waals surface area (Å²) in [5.41, 5.74) is -6.01. The van der Waals surface area contributed by atoms with Crippen molar-refractivity contribution in [2.75, 3.05) is 26.4 Å². The van der Waals surface area contributed by atoms with Gasteiger partial charge in [0.25, 0.3) is 0 Å². The third kappa shape index (κ3) is 31.1. The molecule has 0 fully saturated rings. The first-order chi connectivity index (χ1) is 38.8. The quantitative estimate of drug-likeness (QED) is 0.0250. The first kappa shape index (κ1) is 85.0. The van der Waals surface area contributed by atoms with Gasteiger partial charge in [0.15, 0.2) is 12.2 Å². The Bertz CT molecular complexity index is 2210. The van der Waals surface area contributed by atoms with Crippen LogP contribution in [0.4, 0.5) is 30.7 Å². The van der Waals surface area contributed by atoms with Gasteiger partial charge in [0, 0.05) is 41.2 Å². The number of carbonyl (C=O) groups excluding carboxylic acids is 8. The third-order valence-electron chi connectivity index (χ3n) is 14.7. The average Bonchev–Trinajstić information content (AvgIpc) is 2.32. The van der Waals surface area contributed by atoms with Crippen LogP contribution in [0.5, 0.6) is 0 Å². The summed E-state index contributed by atoms with van der Waals surface area (Å²) >= 11 is 0. The molecule has 0 spiro atoms. The minimum atomic E-state index is -3.89. The standard InChI is InChI=1S/C32H54F4O8.C20H31F3O6.C11H20O2/c1-12-15-17-31(33,34)25(39)42-20-22(43-26(40)32(35,36)18-16-13-2)19-41-24(38)30(11,14-3)21-28(7,8)23(37)44-29(9,10)27(4,5)6;1-6-8-10-19(5,21)17(25)29-15(12-27-16(24)14(3)4)13-28-18(26)20(22,23)11-9-7-2;1-8(2)9(12)13-11(6,7)10(3,4)5/h22H,12-21H2,1-11H3;15H,3,6-13H2,1-2,4-5H3;1H2,2-7H3. The number of halogens is 7. The number of esters is 8. The van der Waals surface area contributed by atoms with Crippen molar-refractivity contribution in [3.8, 4) is 0 Å². The molecule has 0 bridgehead atoms. The molecule has 0 aromatic heterocycles. The lowest BCUT2D eigenvalue weighted by molar-refractivity contribution is -0.194. The fraction of sp³-hybridized carbons (Fsp3) is 0.810. The van der Waals surface area contributed by atoms with Gasteiger partial charge in [-0.1, -0.05) is 115 Å². The van der Waals surface area contributed by atoms with E-state index < -0.39 is 145 Å². The van der Waals surface area contributed by atoms with E-state index in [-0.39, 0.29) is 60.9 Å². The Hall–Kier alpha value is -5.25. The summed E-state index contributed by atoms with van der Waals surface area (Å²) in [5, 5.41) is 0. The van der Waals surface area contributed by atoms with Crippen LogP contribution in [-0.2, 0) is 76.3 Å². The molecule has 0 rings (SSSR count). The molecule has 0 amide bonds. The smallest absolute Gasteiger partial charge is 0.377 e. The van der Waals surface area contributed by atoms with E-state index in [4.69, 9.17) is 28.4 Å². The van der Waals surface area contributed by atoms with E-state index in [1.54, 1.807) is 69.2 Å². The molecule has 0 radical (unpaired) electrons. The Balaban J connectivity index is -0.00000139. The molecule has 16 nitrogen and oxygen atoms in total. The molecule has 0 aliphatic carbocycles. The van der Waals surface area contributed by atoms with Crippen LogP contribution in [0.25, 0.3) is 0 Å². The maximum Gasteiger partial charge on any atom is 0.377 e. The highest BCUT2D eigenvalue weighted by atomic mass is 19.3. The second kappa shape index (κ2) is 36.3. The van der Waals surface area contributed by atoms with E-state index in [9.17, 15) is 69.1 Å². The van der Waals surface area contributed by atoms with Crippen molar-refractivity contribution in [1.82, 2.24) is 0 Å². The minimum absolute atomic E-state index is 0.0143. The summed E-state index contributed by atoms with van der Waals surface area (Å²) in [6.07, 6.45) is -2.94. The van der Waals surface area contributed by atoms with Crippen LogP contribution in [-0.4, -0.2) is 121 Å². The molecule has 0 saturated heterocycles. The van der Waals surface area contributed by atoms with Crippen molar-refractivity contribution >= 4 is 47.8 Å². The van der Waals surface area contributed by atoms with E-state index in [1.165, 1.54) is 6.92 Å². The van der Waals surface area contributed by atoms with Crippen LogP contribution >= 0.6 is 0 Å². The monoisotopic (exact) mass is 1250 g/mol. The Labute approximate surface area is 507 Å². The second-order valence-corrected chi connectivity index (χ2v) is 26.0. The van der Waals surface area contributed by atoms with Gasteiger partial charge in [-0.3, -0.25) is 9.59 Å². The molecule has 0 N–H and O–H groups in total. The molecular formula is C63H105F7O16. The summed E-state index contributed by atoms with van der Waals surface area (Å²) in [6, 6.07) is 0.